The Labute approximate surface area is 75.2 Å². The first-order valence-electron chi connectivity index (χ1n) is 4.94. The van der Waals surface area contributed by atoms with Crippen LogP contribution in [0.4, 0.5) is 0 Å². The lowest BCUT2D eigenvalue weighted by molar-refractivity contribution is 0.160. The molecule has 0 aromatic carbocycles. The van der Waals surface area contributed by atoms with E-state index in [0.29, 0.717) is 6.42 Å². The van der Waals surface area contributed by atoms with Crippen LogP contribution in [0.2, 0.25) is 0 Å². The molecule has 1 aliphatic rings. The molecule has 0 bridgehead atoms. The van der Waals surface area contributed by atoms with Crippen LogP contribution in [0.3, 0.4) is 0 Å². The lowest BCUT2D eigenvalue weighted by Crippen LogP contribution is -2.07. The third-order valence-electron chi connectivity index (χ3n) is 2.74. The summed E-state index contributed by atoms with van der Waals surface area (Å²) in [5.41, 5.74) is 0. The van der Waals surface area contributed by atoms with Crippen molar-refractivity contribution in [2.75, 3.05) is 0 Å². The van der Waals surface area contributed by atoms with Gasteiger partial charge in [0.25, 0.3) is 0 Å². The van der Waals surface area contributed by atoms with E-state index in [9.17, 15) is 5.11 Å². The van der Waals surface area contributed by atoms with Crippen LogP contribution in [0.5, 0.6) is 0 Å². The molecule has 0 aliphatic heterocycles. The van der Waals surface area contributed by atoms with E-state index in [2.05, 4.69) is 5.92 Å². The molecule has 0 aromatic heterocycles. The lowest BCUT2D eigenvalue weighted by Gasteiger charge is -2.11. The van der Waals surface area contributed by atoms with Gasteiger partial charge >= 0.3 is 0 Å². The number of aliphatic hydroxyl groups excluding tert-OH is 1. The fraction of sp³-hybridized carbons (Fsp3) is 0.818. The Morgan fingerprint density at radius 1 is 1.42 bits per heavy atom. The first-order valence-corrected chi connectivity index (χ1v) is 4.94. The summed E-state index contributed by atoms with van der Waals surface area (Å²) in [4.78, 5) is 0. The van der Waals surface area contributed by atoms with Gasteiger partial charge in [-0.2, -0.15) is 0 Å². The molecule has 1 saturated carbocycles. The number of aliphatic hydroxyl groups is 1. The Hall–Kier alpha value is -0.480. The molecule has 0 saturated heterocycles. The standard InChI is InChI=1S/C11H18O/c1-2-5-11(12)9-8-10-6-3-4-7-10/h1,10-12H,3-9H2. The molecular formula is C11H18O. The Morgan fingerprint density at radius 2 is 2.08 bits per heavy atom. The van der Waals surface area contributed by atoms with Gasteiger partial charge < -0.3 is 5.11 Å². The number of hydrogen-bond donors (Lipinski definition) is 1. The van der Waals surface area contributed by atoms with Crippen molar-refractivity contribution in [3.63, 3.8) is 0 Å². The van der Waals surface area contributed by atoms with E-state index in [0.717, 1.165) is 12.3 Å². The summed E-state index contributed by atoms with van der Waals surface area (Å²) < 4.78 is 0. The molecule has 0 aromatic rings. The summed E-state index contributed by atoms with van der Waals surface area (Å²) in [6.45, 7) is 0. The highest BCUT2D eigenvalue weighted by atomic mass is 16.3. The molecule has 1 aliphatic carbocycles. The molecule has 1 unspecified atom stereocenters. The molecule has 0 radical (unpaired) electrons. The predicted molar refractivity (Wildman–Crippen MR) is 50.6 cm³/mol. The van der Waals surface area contributed by atoms with Crippen LogP contribution in [-0.4, -0.2) is 11.2 Å². The van der Waals surface area contributed by atoms with Gasteiger partial charge in [-0.15, -0.1) is 12.3 Å². The highest BCUT2D eigenvalue weighted by Crippen LogP contribution is 2.29. The van der Waals surface area contributed by atoms with Crippen LogP contribution in [0.25, 0.3) is 0 Å². The number of terminal acetylenes is 1. The molecule has 68 valence electrons. The molecule has 1 fully saturated rings. The smallest absolute Gasteiger partial charge is 0.0649 e. The molecule has 0 heterocycles. The second-order valence-electron chi connectivity index (χ2n) is 3.79. The average Bonchev–Trinajstić information content (AvgIpc) is 2.53. The quantitative estimate of drug-likeness (QED) is 0.635. The average molecular weight is 166 g/mol. The van der Waals surface area contributed by atoms with Crippen molar-refractivity contribution in [2.45, 2.75) is 51.0 Å². The van der Waals surface area contributed by atoms with Crippen LogP contribution < -0.4 is 0 Å². The van der Waals surface area contributed by atoms with Crippen molar-refractivity contribution in [3.8, 4) is 12.3 Å². The molecule has 1 atom stereocenters. The van der Waals surface area contributed by atoms with E-state index >= 15 is 0 Å². The lowest BCUT2D eigenvalue weighted by atomic mass is 9.99. The molecule has 1 rings (SSSR count). The van der Waals surface area contributed by atoms with Gasteiger partial charge in [0.15, 0.2) is 0 Å². The van der Waals surface area contributed by atoms with E-state index in [1.54, 1.807) is 0 Å². The zero-order valence-corrected chi connectivity index (χ0v) is 7.63. The molecule has 0 amide bonds. The minimum Gasteiger partial charge on any atom is -0.392 e. The highest BCUT2D eigenvalue weighted by Gasteiger charge is 2.15. The zero-order chi connectivity index (χ0) is 8.81. The van der Waals surface area contributed by atoms with Gasteiger partial charge in [0, 0.05) is 6.42 Å². The van der Waals surface area contributed by atoms with Gasteiger partial charge in [-0.1, -0.05) is 25.7 Å². The number of hydrogen-bond acceptors (Lipinski definition) is 1. The van der Waals surface area contributed by atoms with Gasteiger partial charge in [0.1, 0.15) is 0 Å². The Kier molecular flexibility index (Phi) is 4.18. The highest BCUT2D eigenvalue weighted by molar-refractivity contribution is 4.87. The van der Waals surface area contributed by atoms with Crippen molar-refractivity contribution in [1.29, 1.82) is 0 Å². The van der Waals surface area contributed by atoms with Crippen LogP contribution in [0.1, 0.15) is 44.9 Å². The van der Waals surface area contributed by atoms with Gasteiger partial charge in [0.05, 0.1) is 6.10 Å². The van der Waals surface area contributed by atoms with Crippen molar-refractivity contribution >= 4 is 0 Å². The van der Waals surface area contributed by atoms with E-state index < -0.39 is 0 Å². The molecule has 1 nitrogen and oxygen atoms in total. The van der Waals surface area contributed by atoms with Crippen LogP contribution >= 0.6 is 0 Å². The largest absolute Gasteiger partial charge is 0.392 e. The van der Waals surface area contributed by atoms with Crippen LogP contribution in [0, 0.1) is 18.3 Å². The van der Waals surface area contributed by atoms with Gasteiger partial charge in [-0.3, -0.25) is 0 Å². The maximum absolute atomic E-state index is 9.37. The summed E-state index contributed by atoms with van der Waals surface area (Å²) in [7, 11) is 0. The van der Waals surface area contributed by atoms with Crippen molar-refractivity contribution in [1.82, 2.24) is 0 Å². The van der Waals surface area contributed by atoms with Crippen molar-refractivity contribution < 1.29 is 5.11 Å². The molecular weight excluding hydrogens is 148 g/mol. The second-order valence-corrected chi connectivity index (χ2v) is 3.79. The fourth-order valence-corrected chi connectivity index (χ4v) is 1.97. The topological polar surface area (TPSA) is 20.2 Å². The second kappa shape index (κ2) is 5.22. The first-order chi connectivity index (χ1) is 5.83. The molecule has 12 heavy (non-hydrogen) atoms. The fourth-order valence-electron chi connectivity index (χ4n) is 1.97. The van der Waals surface area contributed by atoms with Gasteiger partial charge in [0.2, 0.25) is 0 Å². The van der Waals surface area contributed by atoms with Crippen LogP contribution in [0.15, 0.2) is 0 Å². The Morgan fingerprint density at radius 3 is 2.67 bits per heavy atom. The van der Waals surface area contributed by atoms with Crippen molar-refractivity contribution in [3.05, 3.63) is 0 Å². The first kappa shape index (κ1) is 9.61. The molecule has 0 spiro atoms. The maximum Gasteiger partial charge on any atom is 0.0649 e. The molecule has 1 heteroatoms. The Balaban J connectivity index is 2.04. The SMILES string of the molecule is C#CCC(O)CCC1CCCC1. The third kappa shape index (κ3) is 3.28. The van der Waals surface area contributed by atoms with E-state index in [-0.39, 0.29) is 6.10 Å². The third-order valence-corrected chi connectivity index (χ3v) is 2.74. The maximum atomic E-state index is 9.37. The zero-order valence-electron chi connectivity index (χ0n) is 7.63. The predicted octanol–water partition coefficient (Wildman–Crippen LogP) is 2.34. The van der Waals surface area contributed by atoms with Crippen molar-refractivity contribution in [2.24, 2.45) is 5.92 Å². The number of rotatable bonds is 4. The van der Waals surface area contributed by atoms with E-state index in [1.807, 2.05) is 0 Å². The summed E-state index contributed by atoms with van der Waals surface area (Å²) in [5.74, 6) is 3.37. The Bertz CT molecular complexity index is 151. The summed E-state index contributed by atoms with van der Waals surface area (Å²) in [6, 6.07) is 0. The normalized spacial score (nSPS) is 20.7. The minimum absolute atomic E-state index is 0.254. The summed E-state index contributed by atoms with van der Waals surface area (Å²) in [6.07, 6.45) is 12.9. The molecule has 1 N–H and O–H groups in total. The van der Waals surface area contributed by atoms with Gasteiger partial charge in [-0.25, -0.2) is 0 Å². The van der Waals surface area contributed by atoms with Crippen LogP contribution in [-0.2, 0) is 0 Å². The summed E-state index contributed by atoms with van der Waals surface area (Å²) in [5, 5.41) is 9.37. The minimum atomic E-state index is -0.254. The van der Waals surface area contributed by atoms with Gasteiger partial charge in [-0.05, 0) is 18.8 Å². The monoisotopic (exact) mass is 166 g/mol. The van der Waals surface area contributed by atoms with E-state index in [1.165, 1.54) is 32.1 Å². The van der Waals surface area contributed by atoms with E-state index in [4.69, 9.17) is 6.42 Å². The summed E-state index contributed by atoms with van der Waals surface area (Å²) >= 11 is 0.